The van der Waals surface area contributed by atoms with Gasteiger partial charge in [-0.25, -0.2) is 9.97 Å². The van der Waals surface area contributed by atoms with Gasteiger partial charge in [0.1, 0.15) is 12.0 Å². The maximum atomic E-state index is 12.3. The molecule has 0 aromatic carbocycles. The van der Waals surface area contributed by atoms with Crippen molar-refractivity contribution in [2.45, 2.75) is 18.9 Å². The summed E-state index contributed by atoms with van der Waals surface area (Å²) in [7, 11) is 0. The Morgan fingerprint density at radius 2 is 2.33 bits per heavy atom. The Bertz CT molecular complexity index is 525. The lowest BCUT2D eigenvalue weighted by Gasteiger charge is -2.23. The molecular weight excluding hydrogens is 230 g/mol. The van der Waals surface area contributed by atoms with Crippen LogP contribution in [0.2, 0.25) is 0 Å². The van der Waals surface area contributed by atoms with Gasteiger partial charge >= 0.3 is 0 Å². The number of nitrogens with zero attached hydrogens (tertiary/aromatic N) is 4. The number of hydrogen-bond donors (Lipinski definition) is 1. The predicted molar refractivity (Wildman–Crippen MR) is 63.6 cm³/mol. The van der Waals surface area contributed by atoms with Crippen molar-refractivity contribution in [1.29, 1.82) is 0 Å². The average molecular weight is 243 g/mol. The van der Waals surface area contributed by atoms with Gasteiger partial charge in [-0.2, -0.15) is 5.10 Å². The van der Waals surface area contributed by atoms with E-state index in [-0.39, 0.29) is 11.9 Å². The Balaban J connectivity index is 1.86. The van der Waals surface area contributed by atoms with Gasteiger partial charge in [0.05, 0.1) is 11.7 Å². The second-order valence-corrected chi connectivity index (χ2v) is 4.26. The first-order valence-electron chi connectivity index (χ1n) is 5.92. The molecule has 1 aliphatic heterocycles. The summed E-state index contributed by atoms with van der Waals surface area (Å²) in [6.45, 7) is 0.756. The van der Waals surface area contributed by atoms with Crippen molar-refractivity contribution >= 4 is 5.91 Å². The van der Waals surface area contributed by atoms with Crippen LogP contribution >= 0.6 is 0 Å². The van der Waals surface area contributed by atoms with Crippen LogP contribution in [-0.4, -0.2) is 37.5 Å². The number of amides is 1. The molecule has 6 nitrogen and oxygen atoms in total. The zero-order valence-corrected chi connectivity index (χ0v) is 9.78. The van der Waals surface area contributed by atoms with Crippen LogP contribution < -0.4 is 0 Å². The third-order valence-corrected chi connectivity index (χ3v) is 3.19. The van der Waals surface area contributed by atoms with E-state index in [4.69, 9.17) is 0 Å². The van der Waals surface area contributed by atoms with Crippen molar-refractivity contribution in [3.8, 4) is 0 Å². The summed E-state index contributed by atoms with van der Waals surface area (Å²) < 4.78 is 0. The minimum atomic E-state index is -0.0198. The molecule has 0 unspecified atom stereocenters. The SMILES string of the molecule is O=C(c1ccn[nH]1)N1CCC[C@H]1c1ccncn1. The minimum Gasteiger partial charge on any atom is -0.329 e. The molecule has 1 amide bonds. The van der Waals surface area contributed by atoms with E-state index in [0.717, 1.165) is 25.1 Å². The van der Waals surface area contributed by atoms with E-state index in [2.05, 4.69) is 20.2 Å². The molecule has 0 spiro atoms. The van der Waals surface area contributed by atoms with Crippen molar-refractivity contribution in [1.82, 2.24) is 25.1 Å². The number of rotatable bonds is 2. The number of aromatic amines is 1. The largest absolute Gasteiger partial charge is 0.329 e. The third-order valence-electron chi connectivity index (χ3n) is 3.19. The number of H-pyrrole nitrogens is 1. The zero-order valence-electron chi connectivity index (χ0n) is 9.78. The fourth-order valence-electron chi connectivity index (χ4n) is 2.35. The lowest BCUT2D eigenvalue weighted by atomic mass is 10.1. The summed E-state index contributed by atoms with van der Waals surface area (Å²) in [6.07, 6.45) is 6.75. The first kappa shape index (κ1) is 10.9. The highest BCUT2D eigenvalue weighted by Crippen LogP contribution is 2.31. The molecular formula is C12H13N5O. The summed E-state index contributed by atoms with van der Waals surface area (Å²) in [5.41, 5.74) is 1.42. The van der Waals surface area contributed by atoms with Gasteiger partial charge in [-0.1, -0.05) is 0 Å². The van der Waals surface area contributed by atoms with Crippen molar-refractivity contribution in [2.24, 2.45) is 0 Å². The van der Waals surface area contributed by atoms with E-state index >= 15 is 0 Å². The fraction of sp³-hybridized carbons (Fsp3) is 0.333. The lowest BCUT2D eigenvalue weighted by Crippen LogP contribution is -2.31. The summed E-state index contributed by atoms with van der Waals surface area (Å²) in [4.78, 5) is 22.3. The quantitative estimate of drug-likeness (QED) is 0.859. The van der Waals surface area contributed by atoms with Gasteiger partial charge in [0.2, 0.25) is 0 Å². The van der Waals surface area contributed by atoms with Crippen molar-refractivity contribution in [3.05, 3.63) is 42.2 Å². The Hall–Kier alpha value is -2.24. The molecule has 0 bridgehead atoms. The lowest BCUT2D eigenvalue weighted by molar-refractivity contribution is 0.0727. The Kier molecular flexibility index (Phi) is 2.76. The normalized spacial score (nSPS) is 19.1. The molecule has 0 saturated carbocycles. The van der Waals surface area contributed by atoms with Crippen LogP contribution in [0, 0.1) is 0 Å². The van der Waals surface area contributed by atoms with Gasteiger partial charge in [-0.15, -0.1) is 0 Å². The Labute approximate surface area is 104 Å². The van der Waals surface area contributed by atoms with E-state index in [0.29, 0.717) is 5.69 Å². The third kappa shape index (κ3) is 1.85. The molecule has 1 aliphatic rings. The second kappa shape index (κ2) is 4.56. The van der Waals surface area contributed by atoms with Gasteiger partial charge in [0.25, 0.3) is 5.91 Å². The first-order chi connectivity index (χ1) is 8.86. The van der Waals surface area contributed by atoms with Gasteiger partial charge in [0, 0.05) is 18.9 Å². The summed E-state index contributed by atoms with van der Waals surface area (Å²) in [6, 6.07) is 3.60. The molecule has 1 atom stereocenters. The Morgan fingerprint density at radius 1 is 1.39 bits per heavy atom. The standard InChI is InChI=1S/C12H13N5O/c18-12(10-4-6-15-16-10)17-7-1-2-11(17)9-3-5-13-8-14-9/h3-6,8,11H,1-2,7H2,(H,15,16)/t11-/m0/s1. The number of likely N-dealkylation sites (tertiary alicyclic amines) is 1. The maximum Gasteiger partial charge on any atom is 0.272 e. The number of carbonyl (C=O) groups is 1. The number of aromatic nitrogens is 4. The molecule has 1 fully saturated rings. The van der Waals surface area contributed by atoms with Crippen molar-refractivity contribution < 1.29 is 4.79 Å². The molecule has 3 rings (SSSR count). The van der Waals surface area contributed by atoms with Gasteiger partial charge in [-0.3, -0.25) is 9.89 Å². The first-order valence-corrected chi connectivity index (χ1v) is 5.92. The molecule has 0 radical (unpaired) electrons. The van der Waals surface area contributed by atoms with Crippen LogP contribution in [0.1, 0.15) is 35.1 Å². The van der Waals surface area contributed by atoms with Gasteiger partial charge in [-0.05, 0) is 25.0 Å². The highest BCUT2D eigenvalue weighted by molar-refractivity contribution is 5.92. The predicted octanol–water partition coefficient (Wildman–Crippen LogP) is 1.18. The smallest absolute Gasteiger partial charge is 0.272 e. The minimum absolute atomic E-state index is 0.0198. The Morgan fingerprint density at radius 3 is 3.06 bits per heavy atom. The zero-order chi connectivity index (χ0) is 12.4. The van der Waals surface area contributed by atoms with E-state index in [9.17, 15) is 4.79 Å². The van der Waals surface area contributed by atoms with Crippen LogP contribution in [0.15, 0.2) is 30.9 Å². The number of nitrogens with one attached hydrogen (secondary N) is 1. The molecule has 1 N–H and O–H groups in total. The molecule has 0 aliphatic carbocycles. The number of hydrogen-bond acceptors (Lipinski definition) is 4. The fourth-order valence-corrected chi connectivity index (χ4v) is 2.35. The van der Waals surface area contributed by atoms with Crippen LogP contribution in [-0.2, 0) is 0 Å². The van der Waals surface area contributed by atoms with Crippen LogP contribution in [0.25, 0.3) is 0 Å². The molecule has 6 heteroatoms. The molecule has 1 saturated heterocycles. The van der Waals surface area contributed by atoms with Crippen LogP contribution in [0.4, 0.5) is 0 Å². The van der Waals surface area contributed by atoms with E-state index < -0.39 is 0 Å². The van der Waals surface area contributed by atoms with Crippen molar-refractivity contribution in [2.75, 3.05) is 6.54 Å². The average Bonchev–Trinajstić information content (AvgIpc) is 3.10. The molecule has 2 aromatic rings. The highest BCUT2D eigenvalue weighted by Gasteiger charge is 2.31. The topological polar surface area (TPSA) is 74.8 Å². The van der Waals surface area contributed by atoms with Crippen LogP contribution in [0.5, 0.6) is 0 Å². The monoisotopic (exact) mass is 243 g/mol. The highest BCUT2D eigenvalue weighted by atomic mass is 16.2. The van der Waals surface area contributed by atoms with E-state index in [1.54, 1.807) is 18.5 Å². The molecule has 2 aromatic heterocycles. The summed E-state index contributed by atoms with van der Waals surface area (Å²) >= 11 is 0. The molecule has 3 heterocycles. The van der Waals surface area contributed by atoms with Gasteiger partial charge < -0.3 is 4.90 Å². The molecule has 18 heavy (non-hydrogen) atoms. The summed E-state index contributed by atoms with van der Waals surface area (Å²) in [5, 5.41) is 6.53. The van der Waals surface area contributed by atoms with E-state index in [1.807, 2.05) is 11.0 Å². The van der Waals surface area contributed by atoms with E-state index in [1.165, 1.54) is 6.33 Å². The second-order valence-electron chi connectivity index (χ2n) is 4.26. The molecule has 92 valence electrons. The van der Waals surface area contributed by atoms with Crippen molar-refractivity contribution in [3.63, 3.8) is 0 Å². The van der Waals surface area contributed by atoms with Gasteiger partial charge in [0.15, 0.2) is 0 Å². The summed E-state index contributed by atoms with van der Waals surface area (Å²) in [5.74, 6) is -0.0198. The number of carbonyl (C=O) groups excluding carboxylic acids is 1. The van der Waals surface area contributed by atoms with Crippen LogP contribution in [0.3, 0.4) is 0 Å². The maximum absolute atomic E-state index is 12.3.